The molecule has 1 nitrogen and oxygen atoms in total. The van der Waals surface area contributed by atoms with E-state index in [1.807, 2.05) is 0 Å². The molecule has 0 unspecified atom stereocenters. The average molecular weight is 256 g/mol. The summed E-state index contributed by atoms with van der Waals surface area (Å²) in [6.07, 6.45) is 13.6. The number of pyridine rings is 1. The summed E-state index contributed by atoms with van der Waals surface area (Å²) in [7, 11) is 0. The summed E-state index contributed by atoms with van der Waals surface area (Å²) in [5.41, 5.74) is 1.48. The minimum atomic E-state index is 0. The number of aryl methyl sites for hydroxylation is 2. The van der Waals surface area contributed by atoms with Crippen molar-refractivity contribution in [1.29, 1.82) is 0 Å². The third-order valence-electron chi connectivity index (χ3n) is 3.05. The van der Waals surface area contributed by atoms with Crippen molar-refractivity contribution in [3.8, 4) is 0 Å². The Morgan fingerprint density at radius 3 is 2.12 bits per heavy atom. The first-order valence-corrected chi connectivity index (χ1v) is 6.84. The van der Waals surface area contributed by atoms with Gasteiger partial charge in [0.1, 0.15) is 6.54 Å². The van der Waals surface area contributed by atoms with E-state index in [9.17, 15) is 0 Å². The van der Waals surface area contributed by atoms with Crippen LogP contribution < -0.4 is 17.0 Å². The first-order valence-electron chi connectivity index (χ1n) is 6.84. The highest BCUT2D eigenvalue weighted by Gasteiger charge is 2.00. The molecule has 0 N–H and O–H groups in total. The Balaban J connectivity index is 0.00000256. The fraction of sp³-hybridized carbons (Fsp3) is 0.667. The Morgan fingerprint density at radius 2 is 1.53 bits per heavy atom. The molecule has 2 heteroatoms. The minimum absolute atomic E-state index is 0. The van der Waals surface area contributed by atoms with E-state index in [4.69, 9.17) is 0 Å². The Bertz CT molecular complexity index is 269. The molecule has 0 fully saturated rings. The highest BCUT2D eigenvalue weighted by atomic mass is 35.5. The van der Waals surface area contributed by atoms with Crippen molar-refractivity contribution in [2.75, 3.05) is 0 Å². The average Bonchev–Trinajstić information content (AvgIpc) is 2.33. The summed E-state index contributed by atoms with van der Waals surface area (Å²) in [6.45, 7) is 5.68. The molecular formula is C15H26ClN. The van der Waals surface area contributed by atoms with Crippen LogP contribution in [0.1, 0.15) is 57.9 Å². The molecule has 1 aromatic heterocycles. The summed E-state index contributed by atoms with van der Waals surface area (Å²) in [4.78, 5) is 0. The highest BCUT2D eigenvalue weighted by molar-refractivity contribution is 5.06. The van der Waals surface area contributed by atoms with Gasteiger partial charge in [0.15, 0.2) is 12.4 Å². The maximum absolute atomic E-state index is 2.31. The summed E-state index contributed by atoms with van der Waals surface area (Å²) < 4.78 is 2.31. The van der Waals surface area contributed by atoms with Crippen molar-refractivity contribution in [2.24, 2.45) is 0 Å². The number of rotatable bonds is 8. The molecule has 0 aliphatic rings. The molecular weight excluding hydrogens is 230 g/mol. The van der Waals surface area contributed by atoms with E-state index in [1.54, 1.807) is 0 Å². The molecule has 98 valence electrons. The van der Waals surface area contributed by atoms with Crippen LogP contribution in [-0.2, 0) is 13.0 Å². The molecule has 1 heterocycles. The maximum Gasteiger partial charge on any atom is 0.169 e. The second-order valence-electron chi connectivity index (χ2n) is 4.61. The van der Waals surface area contributed by atoms with Crippen LogP contribution in [0.5, 0.6) is 0 Å². The van der Waals surface area contributed by atoms with Crippen molar-refractivity contribution >= 4 is 0 Å². The zero-order valence-electron chi connectivity index (χ0n) is 11.3. The first kappa shape index (κ1) is 16.4. The molecule has 0 amide bonds. The van der Waals surface area contributed by atoms with Gasteiger partial charge in [-0.05, 0) is 24.8 Å². The van der Waals surface area contributed by atoms with Crippen molar-refractivity contribution in [2.45, 2.75) is 65.3 Å². The largest absolute Gasteiger partial charge is 1.00 e. The predicted molar refractivity (Wildman–Crippen MR) is 69.4 cm³/mol. The normalized spacial score (nSPS) is 10.0. The summed E-state index contributed by atoms with van der Waals surface area (Å²) in [5, 5.41) is 0. The van der Waals surface area contributed by atoms with Gasteiger partial charge in [-0.25, -0.2) is 4.57 Å². The molecule has 1 rings (SSSR count). The van der Waals surface area contributed by atoms with Crippen molar-refractivity contribution < 1.29 is 17.0 Å². The van der Waals surface area contributed by atoms with Crippen LogP contribution in [0.25, 0.3) is 0 Å². The second-order valence-corrected chi connectivity index (χ2v) is 4.61. The minimum Gasteiger partial charge on any atom is -1.00 e. The number of hydrogen-bond acceptors (Lipinski definition) is 0. The summed E-state index contributed by atoms with van der Waals surface area (Å²) in [5.74, 6) is 0. The van der Waals surface area contributed by atoms with Crippen LogP contribution in [0.15, 0.2) is 24.5 Å². The fourth-order valence-corrected chi connectivity index (χ4v) is 1.91. The summed E-state index contributed by atoms with van der Waals surface area (Å²) >= 11 is 0. The van der Waals surface area contributed by atoms with Gasteiger partial charge in [-0.3, -0.25) is 0 Å². The van der Waals surface area contributed by atoms with Gasteiger partial charge in [0.2, 0.25) is 0 Å². The first-order chi connectivity index (χ1) is 7.86. The van der Waals surface area contributed by atoms with E-state index >= 15 is 0 Å². The lowest BCUT2D eigenvalue weighted by Crippen LogP contribution is -3.00. The maximum atomic E-state index is 2.31. The zero-order chi connectivity index (χ0) is 11.6. The summed E-state index contributed by atoms with van der Waals surface area (Å²) in [6, 6.07) is 4.55. The lowest BCUT2D eigenvalue weighted by molar-refractivity contribution is -0.697. The number of hydrogen-bond donors (Lipinski definition) is 0. The molecule has 0 aromatic carbocycles. The third-order valence-corrected chi connectivity index (χ3v) is 3.05. The molecule has 0 saturated carbocycles. The smallest absolute Gasteiger partial charge is 0.169 e. The van der Waals surface area contributed by atoms with Crippen molar-refractivity contribution in [3.63, 3.8) is 0 Å². The Labute approximate surface area is 113 Å². The Kier molecular flexibility index (Phi) is 10.2. The molecule has 1 aromatic rings. The second kappa shape index (κ2) is 10.6. The Hall–Kier alpha value is -0.560. The standard InChI is InChI=1S/C15H26N.ClH/c1-3-5-7-8-12-16-13-10-15(11-14-16)9-6-4-2;/h10-11,13-14H,3-9,12H2,1-2H3;1H/q+1;/p-1. The van der Waals surface area contributed by atoms with Crippen LogP contribution in [0.3, 0.4) is 0 Å². The van der Waals surface area contributed by atoms with Gasteiger partial charge in [0.25, 0.3) is 0 Å². The molecule has 0 spiro atoms. The number of aromatic nitrogens is 1. The number of halogens is 1. The van der Waals surface area contributed by atoms with Gasteiger partial charge in [-0.2, -0.15) is 0 Å². The van der Waals surface area contributed by atoms with Crippen molar-refractivity contribution in [1.82, 2.24) is 0 Å². The van der Waals surface area contributed by atoms with E-state index in [-0.39, 0.29) is 12.4 Å². The van der Waals surface area contributed by atoms with Gasteiger partial charge in [0, 0.05) is 18.6 Å². The SMILES string of the molecule is CCCCCC[n+]1ccc(CCCC)cc1.[Cl-]. The topological polar surface area (TPSA) is 3.88 Å². The van der Waals surface area contributed by atoms with Gasteiger partial charge in [-0.15, -0.1) is 0 Å². The van der Waals surface area contributed by atoms with Crippen LogP contribution in [0.4, 0.5) is 0 Å². The van der Waals surface area contributed by atoms with E-state index in [0.29, 0.717) is 0 Å². The van der Waals surface area contributed by atoms with Gasteiger partial charge < -0.3 is 12.4 Å². The van der Waals surface area contributed by atoms with Gasteiger partial charge >= 0.3 is 0 Å². The third kappa shape index (κ3) is 7.38. The number of unbranched alkanes of at least 4 members (excludes halogenated alkanes) is 4. The monoisotopic (exact) mass is 255 g/mol. The molecule has 17 heavy (non-hydrogen) atoms. The predicted octanol–water partition coefficient (Wildman–Crippen LogP) is 0.901. The zero-order valence-corrected chi connectivity index (χ0v) is 12.0. The van der Waals surface area contributed by atoms with Crippen LogP contribution in [-0.4, -0.2) is 0 Å². The highest BCUT2D eigenvalue weighted by Crippen LogP contribution is 2.03. The Morgan fingerprint density at radius 1 is 0.882 bits per heavy atom. The number of nitrogens with zero attached hydrogens (tertiary/aromatic N) is 1. The van der Waals surface area contributed by atoms with E-state index < -0.39 is 0 Å². The van der Waals surface area contributed by atoms with Crippen LogP contribution >= 0.6 is 0 Å². The molecule has 0 atom stereocenters. The van der Waals surface area contributed by atoms with E-state index in [1.165, 1.54) is 57.1 Å². The van der Waals surface area contributed by atoms with Crippen molar-refractivity contribution in [3.05, 3.63) is 30.1 Å². The van der Waals surface area contributed by atoms with E-state index in [0.717, 1.165) is 0 Å². The quantitative estimate of drug-likeness (QED) is 0.480. The molecule has 0 aliphatic heterocycles. The van der Waals surface area contributed by atoms with Gasteiger partial charge in [0.05, 0.1) is 0 Å². The lowest BCUT2D eigenvalue weighted by atomic mass is 10.1. The molecule has 0 aliphatic carbocycles. The molecule has 0 saturated heterocycles. The lowest BCUT2D eigenvalue weighted by Gasteiger charge is -2.00. The van der Waals surface area contributed by atoms with Crippen LogP contribution in [0, 0.1) is 0 Å². The molecule has 0 radical (unpaired) electrons. The fourth-order valence-electron chi connectivity index (χ4n) is 1.91. The van der Waals surface area contributed by atoms with Gasteiger partial charge in [-0.1, -0.05) is 33.1 Å². The van der Waals surface area contributed by atoms with E-state index in [2.05, 4.69) is 42.9 Å². The van der Waals surface area contributed by atoms with Crippen LogP contribution in [0.2, 0.25) is 0 Å². The molecule has 0 bridgehead atoms.